The number of carbonyl (C=O) groups excluding carboxylic acids is 1. The second kappa shape index (κ2) is 6.42. The van der Waals surface area contributed by atoms with E-state index in [1.165, 1.54) is 43.3 Å². The van der Waals surface area contributed by atoms with E-state index in [2.05, 4.69) is 5.32 Å². The molecule has 0 saturated heterocycles. The number of carbonyl (C=O) groups is 1. The SMILES string of the molecule is CC(O)(CNC(=O)c1c(F)cccc1Cl)c1ccc(F)cc1. The Bertz CT molecular complexity index is 667. The van der Waals surface area contributed by atoms with Gasteiger partial charge in [-0.25, -0.2) is 8.78 Å². The van der Waals surface area contributed by atoms with Gasteiger partial charge in [0.2, 0.25) is 0 Å². The van der Waals surface area contributed by atoms with Gasteiger partial charge in [-0.05, 0) is 36.8 Å². The van der Waals surface area contributed by atoms with Crippen LogP contribution in [-0.4, -0.2) is 17.6 Å². The number of hydrogen-bond acceptors (Lipinski definition) is 2. The van der Waals surface area contributed by atoms with Crippen LogP contribution >= 0.6 is 11.6 Å². The second-order valence-electron chi connectivity index (χ2n) is 5.06. The minimum absolute atomic E-state index is 0.0149. The second-order valence-corrected chi connectivity index (χ2v) is 5.47. The number of halogens is 3. The number of aliphatic hydroxyl groups is 1. The van der Waals surface area contributed by atoms with Crippen LogP contribution in [0, 0.1) is 11.6 Å². The van der Waals surface area contributed by atoms with Crippen LogP contribution in [0.4, 0.5) is 8.78 Å². The molecule has 2 N–H and O–H groups in total. The van der Waals surface area contributed by atoms with Gasteiger partial charge in [-0.2, -0.15) is 0 Å². The maximum absolute atomic E-state index is 13.6. The molecule has 0 saturated carbocycles. The highest BCUT2D eigenvalue weighted by molar-refractivity contribution is 6.33. The average Bonchev–Trinajstić information content (AvgIpc) is 2.45. The molecule has 116 valence electrons. The lowest BCUT2D eigenvalue weighted by Crippen LogP contribution is -2.39. The molecule has 0 aliphatic heterocycles. The van der Waals surface area contributed by atoms with E-state index in [-0.39, 0.29) is 17.1 Å². The lowest BCUT2D eigenvalue weighted by atomic mass is 9.96. The Hall–Kier alpha value is -1.98. The third-order valence-electron chi connectivity index (χ3n) is 3.25. The molecule has 2 rings (SSSR count). The van der Waals surface area contributed by atoms with E-state index in [0.717, 1.165) is 6.07 Å². The van der Waals surface area contributed by atoms with Gasteiger partial charge in [0.05, 0.1) is 17.1 Å². The van der Waals surface area contributed by atoms with Gasteiger partial charge in [0, 0.05) is 0 Å². The number of nitrogens with one attached hydrogen (secondary N) is 1. The van der Waals surface area contributed by atoms with E-state index in [1.54, 1.807) is 0 Å². The van der Waals surface area contributed by atoms with Crippen LogP contribution in [-0.2, 0) is 5.60 Å². The van der Waals surface area contributed by atoms with Gasteiger partial charge in [0.25, 0.3) is 5.91 Å². The first-order valence-corrected chi connectivity index (χ1v) is 6.90. The van der Waals surface area contributed by atoms with Crippen LogP contribution in [0.25, 0.3) is 0 Å². The molecular weight excluding hydrogens is 312 g/mol. The van der Waals surface area contributed by atoms with Crippen molar-refractivity contribution in [2.24, 2.45) is 0 Å². The Morgan fingerprint density at radius 1 is 1.23 bits per heavy atom. The monoisotopic (exact) mass is 325 g/mol. The number of amides is 1. The molecular formula is C16H14ClF2NO2. The van der Waals surface area contributed by atoms with Crippen LogP contribution in [0.15, 0.2) is 42.5 Å². The van der Waals surface area contributed by atoms with Crippen molar-refractivity contribution in [3.63, 3.8) is 0 Å². The molecule has 0 aliphatic carbocycles. The molecule has 0 fully saturated rings. The summed E-state index contributed by atoms with van der Waals surface area (Å²) in [4.78, 5) is 12.0. The zero-order valence-corrected chi connectivity index (χ0v) is 12.5. The topological polar surface area (TPSA) is 49.3 Å². The quantitative estimate of drug-likeness (QED) is 0.906. The predicted molar refractivity (Wildman–Crippen MR) is 79.7 cm³/mol. The van der Waals surface area contributed by atoms with Crippen molar-refractivity contribution in [1.29, 1.82) is 0 Å². The summed E-state index contributed by atoms with van der Waals surface area (Å²) in [5.74, 6) is -1.90. The summed E-state index contributed by atoms with van der Waals surface area (Å²) in [6.45, 7) is 1.28. The fourth-order valence-corrected chi connectivity index (χ4v) is 2.22. The number of benzene rings is 2. The summed E-state index contributed by atoms with van der Waals surface area (Å²) in [5, 5.41) is 12.8. The molecule has 0 bridgehead atoms. The largest absolute Gasteiger partial charge is 0.384 e. The highest BCUT2D eigenvalue weighted by Gasteiger charge is 2.25. The Morgan fingerprint density at radius 2 is 1.86 bits per heavy atom. The van der Waals surface area contributed by atoms with Crippen LogP contribution in [0.1, 0.15) is 22.8 Å². The first-order valence-electron chi connectivity index (χ1n) is 6.52. The van der Waals surface area contributed by atoms with Gasteiger partial charge in [0.15, 0.2) is 0 Å². The molecule has 0 aliphatic rings. The Labute approximate surface area is 131 Å². The fraction of sp³-hybridized carbons (Fsp3) is 0.188. The molecule has 0 spiro atoms. The molecule has 0 heterocycles. The molecule has 0 aromatic heterocycles. The highest BCUT2D eigenvalue weighted by atomic mass is 35.5. The number of hydrogen-bond donors (Lipinski definition) is 2. The third-order valence-corrected chi connectivity index (χ3v) is 3.56. The maximum atomic E-state index is 13.6. The van der Waals surface area contributed by atoms with Crippen molar-refractivity contribution >= 4 is 17.5 Å². The van der Waals surface area contributed by atoms with Crippen molar-refractivity contribution in [1.82, 2.24) is 5.32 Å². The van der Waals surface area contributed by atoms with Gasteiger partial charge in [-0.15, -0.1) is 0 Å². The average molecular weight is 326 g/mol. The maximum Gasteiger partial charge on any atom is 0.255 e. The predicted octanol–water partition coefficient (Wildman–Crippen LogP) is 3.26. The zero-order chi connectivity index (χ0) is 16.3. The molecule has 2 aromatic rings. The van der Waals surface area contributed by atoms with Crippen molar-refractivity contribution in [3.8, 4) is 0 Å². The van der Waals surface area contributed by atoms with Crippen molar-refractivity contribution in [2.75, 3.05) is 6.54 Å². The Kier molecular flexibility index (Phi) is 4.78. The van der Waals surface area contributed by atoms with E-state index in [4.69, 9.17) is 11.6 Å². The summed E-state index contributed by atoms with van der Waals surface area (Å²) in [5.41, 5.74) is -1.28. The minimum Gasteiger partial charge on any atom is -0.384 e. The summed E-state index contributed by atoms with van der Waals surface area (Å²) in [6.07, 6.45) is 0. The highest BCUT2D eigenvalue weighted by Crippen LogP contribution is 2.22. The normalized spacial score (nSPS) is 13.5. The molecule has 6 heteroatoms. The molecule has 1 amide bonds. The van der Waals surface area contributed by atoms with Gasteiger partial charge in [0.1, 0.15) is 17.2 Å². The van der Waals surface area contributed by atoms with E-state index in [1.807, 2.05) is 0 Å². The first kappa shape index (κ1) is 16.4. The number of rotatable bonds is 4. The van der Waals surface area contributed by atoms with Crippen molar-refractivity contribution in [2.45, 2.75) is 12.5 Å². The lowest BCUT2D eigenvalue weighted by Gasteiger charge is -2.24. The fourth-order valence-electron chi connectivity index (χ4n) is 1.97. The summed E-state index contributed by atoms with van der Waals surface area (Å²) in [6, 6.07) is 9.16. The van der Waals surface area contributed by atoms with E-state index < -0.39 is 23.1 Å². The Balaban J connectivity index is 2.11. The third kappa shape index (κ3) is 3.61. The minimum atomic E-state index is -1.43. The molecule has 1 atom stereocenters. The van der Waals surface area contributed by atoms with Crippen LogP contribution < -0.4 is 5.32 Å². The molecule has 1 unspecified atom stereocenters. The lowest BCUT2D eigenvalue weighted by molar-refractivity contribution is 0.0524. The van der Waals surface area contributed by atoms with E-state index in [0.29, 0.717) is 5.56 Å². The van der Waals surface area contributed by atoms with Crippen molar-refractivity contribution in [3.05, 3.63) is 70.2 Å². The smallest absolute Gasteiger partial charge is 0.255 e. The molecule has 0 radical (unpaired) electrons. The van der Waals surface area contributed by atoms with Crippen LogP contribution in [0.2, 0.25) is 5.02 Å². The first-order chi connectivity index (χ1) is 10.3. The molecule has 3 nitrogen and oxygen atoms in total. The van der Waals surface area contributed by atoms with E-state index in [9.17, 15) is 18.7 Å². The van der Waals surface area contributed by atoms with Gasteiger partial charge >= 0.3 is 0 Å². The van der Waals surface area contributed by atoms with Gasteiger partial charge in [-0.1, -0.05) is 29.8 Å². The van der Waals surface area contributed by atoms with Crippen LogP contribution in [0.3, 0.4) is 0 Å². The molecule has 22 heavy (non-hydrogen) atoms. The van der Waals surface area contributed by atoms with Crippen LogP contribution in [0.5, 0.6) is 0 Å². The van der Waals surface area contributed by atoms with Gasteiger partial charge < -0.3 is 10.4 Å². The summed E-state index contributed by atoms with van der Waals surface area (Å²) < 4.78 is 26.5. The van der Waals surface area contributed by atoms with Crippen molar-refractivity contribution < 1.29 is 18.7 Å². The Morgan fingerprint density at radius 3 is 2.45 bits per heavy atom. The van der Waals surface area contributed by atoms with Gasteiger partial charge in [-0.3, -0.25) is 4.79 Å². The standard InChI is InChI=1S/C16H14ClF2NO2/c1-16(22,10-5-7-11(18)8-6-10)9-20-15(21)14-12(17)3-2-4-13(14)19/h2-8,22H,9H2,1H3,(H,20,21). The molecule has 2 aromatic carbocycles. The summed E-state index contributed by atoms with van der Waals surface area (Å²) in [7, 11) is 0. The zero-order valence-electron chi connectivity index (χ0n) is 11.7. The summed E-state index contributed by atoms with van der Waals surface area (Å²) >= 11 is 5.80. The van der Waals surface area contributed by atoms with E-state index >= 15 is 0 Å².